The van der Waals surface area contributed by atoms with Crippen LogP contribution in [0.5, 0.6) is 0 Å². The molecule has 2 saturated carbocycles. The Balaban J connectivity index is 1.56. The number of rotatable bonds is 7. The van der Waals surface area contributed by atoms with Gasteiger partial charge in [-0.3, -0.25) is 0 Å². The molecule has 2 aliphatic carbocycles. The summed E-state index contributed by atoms with van der Waals surface area (Å²) in [5, 5.41) is 15.6. The molecule has 0 aromatic carbocycles. The van der Waals surface area contributed by atoms with Crippen LogP contribution in [0.3, 0.4) is 0 Å². The van der Waals surface area contributed by atoms with E-state index >= 15 is 0 Å². The molecule has 5 heteroatoms. The normalized spacial score (nSPS) is 31.1. The number of hydrogen-bond donors (Lipinski definition) is 3. The average Bonchev–Trinajstić information content (AvgIpc) is 2.99. The van der Waals surface area contributed by atoms with Crippen LogP contribution in [0.1, 0.15) is 39.0 Å². The van der Waals surface area contributed by atoms with E-state index in [0.717, 1.165) is 30.7 Å². The largest absolute Gasteiger partial charge is 0.387 e. The number of hydrogen-bond acceptors (Lipinski definition) is 3. The van der Waals surface area contributed by atoms with Crippen molar-refractivity contribution < 1.29 is 9.90 Å². The Kier molecular flexibility index (Phi) is 5.61. The molecule has 2 aliphatic rings. The average molecular weight is 300 g/mol. The minimum absolute atomic E-state index is 0.158. The Morgan fingerprint density at radius 3 is 2.75 bits per heavy atom. The first-order chi connectivity index (χ1) is 9.50. The van der Waals surface area contributed by atoms with Gasteiger partial charge in [0.15, 0.2) is 0 Å². The summed E-state index contributed by atoms with van der Waals surface area (Å²) in [6, 6.07) is -0.158. The fraction of sp³-hybridized carbons (Fsp3) is 0.933. The van der Waals surface area contributed by atoms with Crippen LogP contribution in [0.2, 0.25) is 0 Å². The smallest absolute Gasteiger partial charge is 0.314 e. The molecule has 2 bridgehead atoms. The van der Waals surface area contributed by atoms with Gasteiger partial charge in [0.25, 0.3) is 0 Å². The lowest BCUT2D eigenvalue weighted by atomic mass is 9.86. The second-order valence-electron chi connectivity index (χ2n) is 6.76. The van der Waals surface area contributed by atoms with Gasteiger partial charge in [0, 0.05) is 18.8 Å². The molecule has 4 nitrogen and oxygen atoms in total. The zero-order valence-corrected chi connectivity index (χ0v) is 13.5. The zero-order chi connectivity index (χ0) is 14.6. The third-order valence-electron chi connectivity index (χ3n) is 4.77. The second kappa shape index (κ2) is 7.03. The number of nitrogens with one attached hydrogen (secondary N) is 2. The van der Waals surface area contributed by atoms with Gasteiger partial charge >= 0.3 is 6.03 Å². The summed E-state index contributed by atoms with van der Waals surface area (Å²) in [5.41, 5.74) is -0.832. The summed E-state index contributed by atoms with van der Waals surface area (Å²) in [4.78, 5) is 11.7. The Hall–Kier alpha value is -0.420. The number of carbonyl (C=O) groups is 1. The van der Waals surface area contributed by atoms with Crippen molar-refractivity contribution in [1.82, 2.24) is 10.6 Å². The highest BCUT2D eigenvalue weighted by atomic mass is 32.2. The van der Waals surface area contributed by atoms with Crippen molar-refractivity contribution in [2.24, 2.45) is 17.8 Å². The lowest BCUT2D eigenvalue weighted by molar-refractivity contribution is 0.0869. The highest BCUT2D eigenvalue weighted by Crippen LogP contribution is 2.49. The first-order valence-electron chi connectivity index (χ1n) is 7.73. The Bertz CT molecular complexity index is 336. The maximum atomic E-state index is 11.7. The van der Waals surface area contributed by atoms with Gasteiger partial charge in [-0.2, -0.15) is 11.8 Å². The SMILES string of the molecule is CSCC(C)(O)CNC(=O)NCCC1CC2CCC1C2. The maximum absolute atomic E-state index is 11.7. The molecule has 0 heterocycles. The number of aliphatic hydroxyl groups is 1. The van der Waals surface area contributed by atoms with Gasteiger partial charge in [-0.15, -0.1) is 0 Å². The molecular weight excluding hydrogens is 272 g/mol. The molecular formula is C15H28N2O2S. The Morgan fingerprint density at radius 2 is 2.15 bits per heavy atom. The van der Waals surface area contributed by atoms with Gasteiger partial charge < -0.3 is 15.7 Å². The molecule has 3 N–H and O–H groups in total. The van der Waals surface area contributed by atoms with Gasteiger partial charge in [0.1, 0.15) is 0 Å². The second-order valence-corrected chi connectivity index (χ2v) is 7.63. The number of thioether (sulfide) groups is 1. The molecule has 0 saturated heterocycles. The van der Waals surface area contributed by atoms with E-state index in [2.05, 4.69) is 10.6 Å². The van der Waals surface area contributed by atoms with Crippen molar-refractivity contribution in [3.63, 3.8) is 0 Å². The molecule has 2 amide bonds. The van der Waals surface area contributed by atoms with E-state index in [4.69, 9.17) is 0 Å². The van der Waals surface area contributed by atoms with E-state index in [1.54, 1.807) is 18.7 Å². The van der Waals surface area contributed by atoms with Gasteiger partial charge in [-0.05, 0) is 56.6 Å². The molecule has 4 unspecified atom stereocenters. The van der Waals surface area contributed by atoms with E-state index < -0.39 is 5.60 Å². The zero-order valence-electron chi connectivity index (χ0n) is 12.7. The van der Waals surface area contributed by atoms with Crippen LogP contribution < -0.4 is 10.6 Å². The highest BCUT2D eigenvalue weighted by molar-refractivity contribution is 7.98. The predicted molar refractivity (Wildman–Crippen MR) is 84.0 cm³/mol. The number of fused-ring (bicyclic) bond motifs is 2. The van der Waals surface area contributed by atoms with Crippen LogP contribution >= 0.6 is 11.8 Å². The highest BCUT2D eigenvalue weighted by Gasteiger charge is 2.38. The molecule has 0 radical (unpaired) electrons. The monoisotopic (exact) mass is 300 g/mol. The fourth-order valence-corrected chi connectivity index (χ4v) is 4.52. The van der Waals surface area contributed by atoms with Crippen LogP contribution in [0.4, 0.5) is 4.79 Å². The number of carbonyl (C=O) groups excluding carboxylic acids is 1. The van der Waals surface area contributed by atoms with Crippen LogP contribution in [0, 0.1) is 17.8 Å². The molecule has 0 aromatic heterocycles. The molecule has 20 heavy (non-hydrogen) atoms. The summed E-state index contributed by atoms with van der Waals surface area (Å²) in [7, 11) is 0. The maximum Gasteiger partial charge on any atom is 0.314 e. The standard InChI is InChI=1S/C15H28N2O2S/c1-15(19,10-20-2)9-17-14(18)16-6-5-13-8-11-3-4-12(13)7-11/h11-13,19H,3-10H2,1-2H3,(H2,16,17,18). The molecule has 116 valence electrons. The van der Waals surface area contributed by atoms with E-state index in [9.17, 15) is 9.90 Å². The lowest BCUT2D eigenvalue weighted by Crippen LogP contribution is -2.46. The van der Waals surface area contributed by atoms with Gasteiger partial charge in [-0.1, -0.05) is 6.42 Å². The van der Waals surface area contributed by atoms with Crippen LogP contribution in [0.15, 0.2) is 0 Å². The summed E-state index contributed by atoms with van der Waals surface area (Å²) in [6.45, 7) is 2.80. The number of urea groups is 1. The van der Waals surface area contributed by atoms with Crippen LogP contribution in [-0.4, -0.2) is 41.8 Å². The van der Waals surface area contributed by atoms with Gasteiger partial charge in [0.05, 0.1) is 5.60 Å². The lowest BCUT2D eigenvalue weighted by Gasteiger charge is -2.23. The third-order valence-corrected chi connectivity index (χ3v) is 5.68. The minimum Gasteiger partial charge on any atom is -0.387 e. The molecule has 0 aliphatic heterocycles. The predicted octanol–water partition coefficient (Wildman–Crippen LogP) is 2.23. The fourth-order valence-electron chi connectivity index (χ4n) is 3.80. The molecule has 2 rings (SSSR count). The van der Waals surface area contributed by atoms with E-state index in [0.29, 0.717) is 12.3 Å². The molecule has 0 spiro atoms. The Labute approximate surface area is 126 Å². The van der Waals surface area contributed by atoms with E-state index in [1.165, 1.54) is 25.7 Å². The van der Waals surface area contributed by atoms with Crippen molar-refractivity contribution >= 4 is 17.8 Å². The summed E-state index contributed by atoms with van der Waals surface area (Å²) >= 11 is 1.58. The van der Waals surface area contributed by atoms with Gasteiger partial charge in [-0.25, -0.2) is 4.79 Å². The van der Waals surface area contributed by atoms with Crippen molar-refractivity contribution in [2.75, 3.05) is 25.1 Å². The summed E-state index contributed by atoms with van der Waals surface area (Å²) in [5.74, 6) is 3.35. The topological polar surface area (TPSA) is 61.4 Å². The number of amides is 2. The Morgan fingerprint density at radius 1 is 1.35 bits per heavy atom. The van der Waals surface area contributed by atoms with Crippen molar-refractivity contribution in [3.05, 3.63) is 0 Å². The first-order valence-corrected chi connectivity index (χ1v) is 9.12. The van der Waals surface area contributed by atoms with E-state index in [-0.39, 0.29) is 6.03 Å². The van der Waals surface area contributed by atoms with Gasteiger partial charge in [0.2, 0.25) is 0 Å². The van der Waals surface area contributed by atoms with Crippen molar-refractivity contribution in [1.29, 1.82) is 0 Å². The molecule has 0 aromatic rings. The summed E-state index contributed by atoms with van der Waals surface area (Å²) < 4.78 is 0. The van der Waals surface area contributed by atoms with Crippen molar-refractivity contribution in [2.45, 2.75) is 44.6 Å². The quantitative estimate of drug-likeness (QED) is 0.675. The minimum atomic E-state index is -0.832. The van der Waals surface area contributed by atoms with Crippen LogP contribution in [-0.2, 0) is 0 Å². The third kappa shape index (κ3) is 4.55. The molecule has 4 atom stereocenters. The van der Waals surface area contributed by atoms with Crippen LogP contribution in [0.25, 0.3) is 0 Å². The van der Waals surface area contributed by atoms with Crippen molar-refractivity contribution in [3.8, 4) is 0 Å². The summed E-state index contributed by atoms with van der Waals surface area (Å²) in [6.07, 6.45) is 8.68. The first kappa shape index (κ1) is 16.0. The molecule has 2 fully saturated rings. The van der Waals surface area contributed by atoms with E-state index in [1.807, 2.05) is 6.26 Å².